The van der Waals surface area contributed by atoms with Gasteiger partial charge in [-0.25, -0.2) is 0 Å². The lowest BCUT2D eigenvalue weighted by Crippen LogP contribution is -2.41. The van der Waals surface area contributed by atoms with Crippen molar-refractivity contribution in [3.05, 3.63) is 57.0 Å². The monoisotopic (exact) mass is 412 g/mol. The molecule has 0 unspecified atom stereocenters. The molecule has 2 N–H and O–H groups in total. The van der Waals surface area contributed by atoms with Gasteiger partial charge in [0.2, 0.25) is 0 Å². The first-order valence-electron chi connectivity index (χ1n) is 6.74. The molecule has 2 rings (SSSR count). The van der Waals surface area contributed by atoms with Crippen molar-refractivity contribution in [3.8, 4) is 11.5 Å². The predicted octanol–water partition coefficient (Wildman–Crippen LogP) is 3.19. The van der Waals surface area contributed by atoms with E-state index in [1.807, 2.05) is 0 Å². The second-order valence-corrected chi connectivity index (χ2v) is 5.89. The summed E-state index contributed by atoms with van der Waals surface area (Å²) >= 11 is 9.13. The number of amides is 2. The van der Waals surface area contributed by atoms with Gasteiger partial charge in [-0.2, -0.15) is 0 Å². The summed E-state index contributed by atoms with van der Waals surface area (Å²) in [4.78, 5) is 24.4. The largest absolute Gasteiger partial charge is 0.497 e. The highest BCUT2D eigenvalue weighted by molar-refractivity contribution is 9.10. The summed E-state index contributed by atoms with van der Waals surface area (Å²) in [7, 11) is 2.92. The highest BCUT2D eigenvalue weighted by Gasteiger charge is 2.16. The molecule has 0 aliphatic carbocycles. The Morgan fingerprint density at radius 2 is 1.62 bits per heavy atom. The lowest BCUT2D eigenvalue weighted by atomic mass is 10.2. The Morgan fingerprint density at radius 3 is 2.25 bits per heavy atom. The Kier molecular flexibility index (Phi) is 6.05. The topological polar surface area (TPSA) is 76.7 Å². The summed E-state index contributed by atoms with van der Waals surface area (Å²) in [5, 5.41) is 0.438. The van der Waals surface area contributed by atoms with Crippen molar-refractivity contribution in [2.45, 2.75) is 0 Å². The number of hydrogen-bond acceptors (Lipinski definition) is 4. The smallest absolute Gasteiger partial charge is 0.273 e. The molecule has 0 spiro atoms. The number of rotatable bonds is 4. The van der Waals surface area contributed by atoms with Crippen LogP contribution in [0.2, 0.25) is 5.02 Å². The summed E-state index contributed by atoms with van der Waals surface area (Å²) in [6.45, 7) is 0. The first-order valence-corrected chi connectivity index (χ1v) is 7.91. The highest BCUT2D eigenvalue weighted by Crippen LogP contribution is 2.23. The van der Waals surface area contributed by atoms with Crippen LogP contribution in [0.25, 0.3) is 0 Å². The van der Waals surface area contributed by atoms with Gasteiger partial charge in [-0.1, -0.05) is 11.6 Å². The summed E-state index contributed by atoms with van der Waals surface area (Å²) in [5.74, 6) is -0.205. The van der Waals surface area contributed by atoms with E-state index in [2.05, 4.69) is 26.8 Å². The maximum Gasteiger partial charge on any atom is 0.273 e. The molecule has 0 radical (unpaired) electrons. The lowest BCUT2D eigenvalue weighted by Gasteiger charge is -2.12. The molecule has 0 aliphatic heterocycles. The number of methoxy groups -OCH3 is 2. The first kappa shape index (κ1) is 18.1. The van der Waals surface area contributed by atoms with Gasteiger partial charge in [0.05, 0.1) is 25.3 Å². The number of carbonyl (C=O) groups is 2. The molecule has 0 heterocycles. The molecule has 0 saturated carbocycles. The molecule has 8 heteroatoms. The number of nitrogens with one attached hydrogen (secondary N) is 2. The van der Waals surface area contributed by atoms with Gasteiger partial charge in [0.15, 0.2) is 0 Å². The van der Waals surface area contributed by atoms with Gasteiger partial charge in [0.25, 0.3) is 11.8 Å². The number of carbonyl (C=O) groups excluding carboxylic acids is 2. The Bertz CT molecular complexity index is 783. The number of hydrazine groups is 1. The Balaban J connectivity index is 2.10. The predicted molar refractivity (Wildman–Crippen MR) is 93.6 cm³/mol. The molecule has 0 fully saturated rings. The van der Waals surface area contributed by atoms with E-state index in [0.29, 0.717) is 26.6 Å². The summed E-state index contributed by atoms with van der Waals surface area (Å²) in [6.07, 6.45) is 0. The van der Waals surface area contributed by atoms with Gasteiger partial charge in [-0.05, 0) is 52.3 Å². The molecule has 6 nitrogen and oxygen atoms in total. The van der Waals surface area contributed by atoms with E-state index >= 15 is 0 Å². The highest BCUT2D eigenvalue weighted by atomic mass is 79.9. The van der Waals surface area contributed by atoms with Crippen LogP contribution in [0, 0.1) is 0 Å². The van der Waals surface area contributed by atoms with Crippen molar-refractivity contribution in [3.63, 3.8) is 0 Å². The van der Waals surface area contributed by atoms with Crippen LogP contribution in [0.1, 0.15) is 20.7 Å². The molecule has 126 valence electrons. The molecule has 2 aromatic rings. The van der Waals surface area contributed by atoms with Crippen LogP contribution in [0.5, 0.6) is 11.5 Å². The van der Waals surface area contributed by atoms with E-state index in [1.165, 1.54) is 26.4 Å². The molecule has 0 saturated heterocycles. The number of ether oxygens (including phenoxy) is 2. The third-order valence-corrected chi connectivity index (χ3v) is 4.04. The lowest BCUT2D eigenvalue weighted by molar-refractivity contribution is 0.0844. The van der Waals surface area contributed by atoms with Crippen LogP contribution in [0.15, 0.2) is 40.9 Å². The summed E-state index contributed by atoms with van der Waals surface area (Å²) in [5.41, 5.74) is 5.24. The Labute approximate surface area is 152 Å². The summed E-state index contributed by atoms with van der Waals surface area (Å²) in [6, 6.07) is 9.50. The quantitative estimate of drug-likeness (QED) is 0.755. The van der Waals surface area contributed by atoms with Crippen molar-refractivity contribution < 1.29 is 19.1 Å². The van der Waals surface area contributed by atoms with E-state index in [0.717, 1.165) is 0 Å². The molecule has 24 heavy (non-hydrogen) atoms. The fourth-order valence-corrected chi connectivity index (χ4v) is 2.49. The number of hydrogen-bond donors (Lipinski definition) is 2. The Hall–Kier alpha value is -2.25. The summed E-state index contributed by atoms with van der Waals surface area (Å²) < 4.78 is 10.8. The van der Waals surface area contributed by atoms with E-state index in [4.69, 9.17) is 21.1 Å². The van der Waals surface area contributed by atoms with Crippen LogP contribution in [-0.4, -0.2) is 26.0 Å². The molecule has 0 aliphatic rings. The van der Waals surface area contributed by atoms with E-state index in [9.17, 15) is 9.59 Å². The van der Waals surface area contributed by atoms with Gasteiger partial charge in [0, 0.05) is 9.50 Å². The standard InChI is InChI=1S/C16H14BrClN2O4/c1-23-10-4-6-13(17)12(8-10)16(22)20-19-15(21)11-5-3-9(18)7-14(11)24-2/h3-8H,1-2H3,(H,19,21)(H,20,22). The SMILES string of the molecule is COc1ccc(Br)c(C(=O)NNC(=O)c2ccc(Cl)cc2OC)c1. The molecular weight excluding hydrogens is 400 g/mol. The zero-order valence-electron chi connectivity index (χ0n) is 12.9. The zero-order valence-corrected chi connectivity index (χ0v) is 15.2. The van der Waals surface area contributed by atoms with Gasteiger partial charge >= 0.3 is 0 Å². The minimum atomic E-state index is -0.532. The second kappa shape index (κ2) is 8.03. The van der Waals surface area contributed by atoms with Crippen molar-refractivity contribution in [2.24, 2.45) is 0 Å². The van der Waals surface area contributed by atoms with Crippen molar-refractivity contribution in [1.82, 2.24) is 10.9 Å². The third kappa shape index (κ3) is 4.18. The van der Waals surface area contributed by atoms with Gasteiger partial charge < -0.3 is 9.47 Å². The van der Waals surface area contributed by atoms with Crippen molar-refractivity contribution in [2.75, 3.05) is 14.2 Å². The van der Waals surface area contributed by atoms with E-state index in [-0.39, 0.29) is 5.56 Å². The molecule has 0 bridgehead atoms. The van der Waals surface area contributed by atoms with E-state index < -0.39 is 11.8 Å². The van der Waals surface area contributed by atoms with Crippen molar-refractivity contribution in [1.29, 1.82) is 0 Å². The third-order valence-electron chi connectivity index (χ3n) is 3.12. The normalized spacial score (nSPS) is 10.0. The maximum atomic E-state index is 12.2. The van der Waals surface area contributed by atoms with Crippen LogP contribution in [0.4, 0.5) is 0 Å². The average molecular weight is 414 g/mol. The fraction of sp³-hybridized carbons (Fsp3) is 0.125. The molecular formula is C16H14BrClN2O4. The average Bonchev–Trinajstić information content (AvgIpc) is 2.59. The van der Waals surface area contributed by atoms with Crippen LogP contribution >= 0.6 is 27.5 Å². The van der Waals surface area contributed by atoms with Crippen LogP contribution in [-0.2, 0) is 0 Å². The van der Waals surface area contributed by atoms with E-state index in [1.54, 1.807) is 24.3 Å². The maximum absolute atomic E-state index is 12.2. The van der Waals surface area contributed by atoms with Gasteiger partial charge in [-0.15, -0.1) is 0 Å². The minimum Gasteiger partial charge on any atom is -0.497 e. The first-order chi connectivity index (χ1) is 11.5. The molecule has 0 atom stereocenters. The van der Waals surface area contributed by atoms with Crippen molar-refractivity contribution >= 4 is 39.3 Å². The number of benzene rings is 2. The number of halogens is 2. The van der Waals surface area contributed by atoms with Crippen LogP contribution in [0.3, 0.4) is 0 Å². The fourth-order valence-electron chi connectivity index (χ4n) is 1.91. The van der Waals surface area contributed by atoms with Gasteiger partial charge in [0.1, 0.15) is 11.5 Å². The molecule has 2 amide bonds. The second-order valence-electron chi connectivity index (χ2n) is 4.60. The van der Waals surface area contributed by atoms with Crippen LogP contribution < -0.4 is 20.3 Å². The minimum absolute atomic E-state index is 0.243. The molecule has 0 aromatic heterocycles. The van der Waals surface area contributed by atoms with Gasteiger partial charge in [-0.3, -0.25) is 20.4 Å². The molecule has 2 aromatic carbocycles. The Morgan fingerprint density at radius 1 is 0.958 bits per heavy atom. The zero-order chi connectivity index (χ0) is 17.7.